The van der Waals surface area contributed by atoms with Crippen LogP contribution in [0.5, 0.6) is 0 Å². The first-order valence-corrected chi connectivity index (χ1v) is 9.08. The van der Waals surface area contributed by atoms with Gasteiger partial charge in [-0.05, 0) is 18.9 Å². The van der Waals surface area contributed by atoms with Gasteiger partial charge in [0.15, 0.2) is 5.13 Å². The van der Waals surface area contributed by atoms with E-state index < -0.39 is 4.92 Å². The molecule has 3 aromatic rings. The van der Waals surface area contributed by atoms with Crippen LogP contribution in [0.3, 0.4) is 0 Å². The van der Waals surface area contributed by atoms with Crippen LogP contribution in [-0.4, -0.2) is 39.0 Å². The number of anilines is 1. The molecule has 1 aliphatic rings. The van der Waals surface area contributed by atoms with E-state index in [0.29, 0.717) is 18.1 Å². The van der Waals surface area contributed by atoms with Crippen LogP contribution in [0.15, 0.2) is 29.8 Å². The van der Waals surface area contributed by atoms with Crippen molar-refractivity contribution in [3.8, 4) is 0 Å². The second-order valence-corrected chi connectivity index (χ2v) is 6.97. The average Bonchev–Trinajstić information content (AvgIpc) is 3.29. The number of nitro benzene ring substituents is 1. The number of aromatic nitrogens is 3. The Kier molecular flexibility index (Phi) is 4.33. The van der Waals surface area contributed by atoms with Crippen molar-refractivity contribution in [1.29, 1.82) is 0 Å². The summed E-state index contributed by atoms with van der Waals surface area (Å²) in [6.45, 7) is 2.62. The van der Waals surface area contributed by atoms with Gasteiger partial charge in [-0.1, -0.05) is 0 Å². The number of nitro groups is 1. The summed E-state index contributed by atoms with van der Waals surface area (Å²) in [6, 6.07) is 5.13. The Labute approximate surface area is 148 Å². The Morgan fingerprint density at radius 3 is 2.96 bits per heavy atom. The van der Waals surface area contributed by atoms with Crippen LogP contribution in [0.2, 0.25) is 0 Å². The molecule has 3 heterocycles. The molecule has 8 nitrogen and oxygen atoms in total. The minimum absolute atomic E-state index is 0.0743. The molecule has 0 atom stereocenters. The molecule has 2 aromatic heterocycles. The van der Waals surface area contributed by atoms with Crippen molar-refractivity contribution < 1.29 is 4.92 Å². The highest BCUT2D eigenvalue weighted by molar-refractivity contribution is 7.13. The van der Waals surface area contributed by atoms with Crippen LogP contribution in [0.25, 0.3) is 11.0 Å². The van der Waals surface area contributed by atoms with Gasteiger partial charge >= 0.3 is 0 Å². The molecular formula is C16H18N6O2S. The predicted molar refractivity (Wildman–Crippen MR) is 96.9 cm³/mol. The number of nitrogens with zero attached hydrogens (tertiary/aromatic N) is 4. The average molecular weight is 358 g/mol. The molecule has 9 heteroatoms. The molecule has 0 saturated carbocycles. The molecule has 0 bridgehead atoms. The molecular weight excluding hydrogens is 340 g/mol. The van der Waals surface area contributed by atoms with Crippen molar-refractivity contribution >= 4 is 33.2 Å². The number of hydrogen-bond donors (Lipinski definition) is 2. The fourth-order valence-corrected chi connectivity index (χ4v) is 3.83. The molecule has 2 N–H and O–H groups in total. The van der Waals surface area contributed by atoms with Crippen molar-refractivity contribution in [3.05, 3.63) is 45.7 Å². The lowest BCUT2D eigenvalue weighted by atomic mass is 10.1. The molecule has 130 valence electrons. The Bertz CT molecular complexity index is 870. The topological polar surface area (TPSA) is 100.0 Å². The highest BCUT2D eigenvalue weighted by Gasteiger charge is 2.20. The van der Waals surface area contributed by atoms with Gasteiger partial charge in [0, 0.05) is 42.8 Å². The van der Waals surface area contributed by atoms with Crippen LogP contribution in [0, 0.1) is 10.1 Å². The summed E-state index contributed by atoms with van der Waals surface area (Å²) in [6.07, 6.45) is 3.97. The lowest BCUT2D eigenvalue weighted by Gasteiger charge is -2.32. The minimum Gasteiger partial charge on any atom is -0.348 e. The fourth-order valence-electron chi connectivity index (χ4n) is 3.14. The summed E-state index contributed by atoms with van der Waals surface area (Å²) in [5.74, 6) is 0.804. The number of benzene rings is 1. The largest absolute Gasteiger partial charge is 0.348 e. The van der Waals surface area contributed by atoms with Gasteiger partial charge in [0.05, 0.1) is 22.5 Å². The molecule has 25 heavy (non-hydrogen) atoms. The van der Waals surface area contributed by atoms with Crippen molar-refractivity contribution in [3.63, 3.8) is 0 Å². The summed E-state index contributed by atoms with van der Waals surface area (Å²) in [5.41, 5.74) is 1.52. The van der Waals surface area contributed by atoms with Gasteiger partial charge in [0.2, 0.25) is 0 Å². The van der Waals surface area contributed by atoms with Crippen molar-refractivity contribution in [1.82, 2.24) is 20.3 Å². The van der Waals surface area contributed by atoms with Gasteiger partial charge in [-0.15, -0.1) is 11.3 Å². The van der Waals surface area contributed by atoms with Crippen molar-refractivity contribution in [2.45, 2.75) is 25.4 Å². The molecule has 1 aromatic carbocycles. The van der Waals surface area contributed by atoms with E-state index in [1.54, 1.807) is 17.4 Å². The SMILES string of the molecule is O=[N+]([O-])c1ccc2nc(CNC3CCN(c4nccs4)CC3)[nH]c2c1. The lowest BCUT2D eigenvalue weighted by Crippen LogP contribution is -2.42. The predicted octanol–water partition coefficient (Wildman–Crippen LogP) is 2.69. The van der Waals surface area contributed by atoms with Crippen molar-refractivity contribution in [2.24, 2.45) is 0 Å². The van der Waals surface area contributed by atoms with E-state index in [2.05, 4.69) is 25.2 Å². The highest BCUT2D eigenvalue weighted by Crippen LogP contribution is 2.22. The number of aromatic amines is 1. The van der Waals surface area contributed by atoms with E-state index in [-0.39, 0.29) is 5.69 Å². The van der Waals surface area contributed by atoms with Crippen LogP contribution in [-0.2, 0) is 6.54 Å². The van der Waals surface area contributed by atoms with Crippen LogP contribution in [0.4, 0.5) is 10.8 Å². The molecule has 0 radical (unpaired) electrons. The standard InChI is InChI=1S/C16H18N6O2S/c23-22(24)12-1-2-13-14(9-12)20-15(19-13)10-18-11-3-6-21(7-4-11)16-17-5-8-25-16/h1-2,5,8-9,11,18H,3-4,6-7,10H2,(H,19,20). The summed E-state index contributed by atoms with van der Waals surface area (Å²) in [4.78, 5) is 24.8. The third-order valence-electron chi connectivity index (χ3n) is 4.47. The number of imidazole rings is 1. The van der Waals surface area contributed by atoms with Gasteiger partial charge < -0.3 is 15.2 Å². The molecule has 1 fully saturated rings. The quantitative estimate of drug-likeness (QED) is 0.537. The number of non-ortho nitro benzene ring substituents is 1. The third kappa shape index (κ3) is 3.47. The van der Waals surface area contributed by atoms with Gasteiger partial charge in [-0.3, -0.25) is 10.1 Å². The first-order valence-electron chi connectivity index (χ1n) is 8.20. The number of hydrogen-bond acceptors (Lipinski definition) is 7. The number of piperidine rings is 1. The molecule has 1 aliphatic heterocycles. The maximum atomic E-state index is 10.8. The first-order chi connectivity index (χ1) is 12.2. The summed E-state index contributed by atoms with van der Waals surface area (Å²) in [5, 5.41) is 17.5. The van der Waals surface area contributed by atoms with Crippen LogP contribution < -0.4 is 10.2 Å². The van der Waals surface area contributed by atoms with E-state index in [1.807, 2.05) is 11.6 Å². The maximum absolute atomic E-state index is 10.8. The molecule has 0 amide bonds. The Hall–Kier alpha value is -2.52. The fraction of sp³-hybridized carbons (Fsp3) is 0.375. The normalized spacial score (nSPS) is 15.8. The summed E-state index contributed by atoms with van der Waals surface area (Å²) in [7, 11) is 0. The Morgan fingerprint density at radius 1 is 1.40 bits per heavy atom. The summed E-state index contributed by atoms with van der Waals surface area (Å²) < 4.78 is 0. The Morgan fingerprint density at radius 2 is 2.24 bits per heavy atom. The van der Waals surface area contributed by atoms with Gasteiger partial charge in [0.1, 0.15) is 5.82 Å². The number of H-pyrrole nitrogens is 1. The molecule has 1 saturated heterocycles. The zero-order valence-electron chi connectivity index (χ0n) is 13.5. The second-order valence-electron chi connectivity index (χ2n) is 6.10. The van der Waals surface area contributed by atoms with Gasteiger partial charge in [-0.2, -0.15) is 0 Å². The van der Waals surface area contributed by atoms with E-state index in [4.69, 9.17) is 0 Å². The summed E-state index contributed by atoms with van der Waals surface area (Å²) >= 11 is 1.68. The first kappa shape index (κ1) is 16.0. The van der Waals surface area contributed by atoms with E-state index in [9.17, 15) is 10.1 Å². The number of rotatable bonds is 5. The van der Waals surface area contributed by atoms with Gasteiger partial charge in [-0.25, -0.2) is 9.97 Å². The zero-order chi connectivity index (χ0) is 17.2. The number of thiazole rings is 1. The smallest absolute Gasteiger partial charge is 0.271 e. The van der Waals surface area contributed by atoms with E-state index in [1.165, 1.54) is 12.1 Å². The number of fused-ring (bicyclic) bond motifs is 1. The molecule has 0 aliphatic carbocycles. The lowest BCUT2D eigenvalue weighted by molar-refractivity contribution is -0.384. The molecule has 0 unspecified atom stereocenters. The monoisotopic (exact) mass is 358 g/mol. The second kappa shape index (κ2) is 6.77. The zero-order valence-corrected chi connectivity index (χ0v) is 14.3. The van der Waals surface area contributed by atoms with Gasteiger partial charge in [0.25, 0.3) is 5.69 Å². The molecule has 4 rings (SSSR count). The number of nitrogens with one attached hydrogen (secondary N) is 2. The van der Waals surface area contributed by atoms with E-state index >= 15 is 0 Å². The van der Waals surface area contributed by atoms with Crippen molar-refractivity contribution in [2.75, 3.05) is 18.0 Å². The Balaban J connectivity index is 1.34. The van der Waals surface area contributed by atoms with Crippen LogP contribution >= 0.6 is 11.3 Å². The maximum Gasteiger partial charge on any atom is 0.271 e. The third-order valence-corrected chi connectivity index (χ3v) is 5.30. The van der Waals surface area contributed by atoms with E-state index in [0.717, 1.165) is 42.4 Å². The highest BCUT2D eigenvalue weighted by atomic mass is 32.1. The van der Waals surface area contributed by atoms with Crippen LogP contribution in [0.1, 0.15) is 18.7 Å². The molecule has 0 spiro atoms. The minimum atomic E-state index is -0.394.